The Morgan fingerprint density at radius 1 is 1.13 bits per heavy atom. The zero-order valence-corrected chi connectivity index (χ0v) is 16.7. The van der Waals surface area contributed by atoms with Crippen LogP contribution in [0.2, 0.25) is 0 Å². The summed E-state index contributed by atoms with van der Waals surface area (Å²) in [5, 5.41) is 7.47. The lowest BCUT2D eigenvalue weighted by Crippen LogP contribution is -2.31. The van der Waals surface area contributed by atoms with Crippen molar-refractivity contribution in [3.05, 3.63) is 77.8 Å². The van der Waals surface area contributed by atoms with Crippen molar-refractivity contribution in [2.24, 2.45) is 0 Å². The van der Waals surface area contributed by atoms with Gasteiger partial charge in [0.2, 0.25) is 5.95 Å². The van der Waals surface area contributed by atoms with Crippen molar-refractivity contribution in [2.45, 2.75) is 13.0 Å². The molecular formula is C22H22N4O4. The molecule has 1 aromatic heterocycles. The fourth-order valence-electron chi connectivity index (χ4n) is 3.40. The van der Waals surface area contributed by atoms with E-state index in [0.29, 0.717) is 23.0 Å². The van der Waals surface area contributed by atoms with Gasteiger partial charge in [-0.2, -0.15) is 10.1 Å². The van der Waals surface area contributed by atoms with E-state index in [2.05, 4.69) is 15.4 Å². The van der Waals surface area contributed by atoms with Gasteiger partial charge in [-0.1, -0.05) is 30.3 Å². The van der Waals surface area contributed by atoms with Gasteiger partial charge in [-0.15, -0.1) is 0 Å². The molecule has 2 heterocycles. The first-order valence-electron chi connectivity index (χ1n) is 9.59. The molecule has 0 aliphatic carbocycles. The third-order valence-electron chi connectivity index (χ3n) is 4.62. The zero-order valence-electron chi connectivity index (χ0n) is 16.7. The molecule has 0 spiro atoms. The predicted octanol–water partition coefficient (Wildman–Crippen LogP) is 3.55. The summed E-state index contributed by atoms with van der Waals surface area (Å²) < 4.78 is 18.3. The smallest absolute Gasteiger partial charge is 0.338 e. The normalized spacial score (nSPS) is 15.3. The number of rotatable bonds is 7. The Hall–Kier alpha value is -3.65. The Kier molecular flexibility index (Phi) is 5.76. The maximum absolute atomic E-state index is 12.9. The highest BCUT2D eigenvalue weighted by atomic mass is 16.5. The number of nitrogens with one attached hydrogen (secondary N) is 1. The second-order valence-electron chi connectivity index (χ2n) is 6.59. The van der Waals surface area contributed by atoms with Crippen molar-refractivity contribution in [1.29, 1.82) is 0 Å². The Balaban J connectivity index is 1.78. The molecule has 1 atom stereocenters. The number of para-hydroxylation sites is 1. The molecule has 2 aromatic carbocycles. The number of anilines is 1. The molecule has 1 unspecified atom stereocenters. The van der Waals surface area contributed by atoms with E-state index in [0.717, 1.165) is 11.3 Å². The third kappa shape index (κ3) is 3.90. The minimum Gasteiger partial charge on any atom is -0.463 e. The lowest BCUT2D eigenvalue weighted by Gasteiger charge is -2.29. The first-order chi connectivity index (χ1) is 14.7. The van der Waals surface area contributed by atoms with Gasteiger partial charge in [0, 0.05) is 7.11 Å². The average Bonchev–Trinajstić information content (AvgIpc) is 3.22. The SMILES string of the molecule is CCOC(=O)C1=C(COC)Nc2ncnn2C1c1cccc(Oc2ccccc2)c1. The third-order valence-corrected chi connectivity index (χ3v) is 4.62. The molecule has 8 nitrogen and oxygen atoms in total. The number of hydrogen-bond donors (Lipinski definition) is 1. The Bertz CT molecular complexity index is 1060. The van der Waals surface area contributed by atoms with E-state index in [9.17, 15) is 4.79 Å². The number of fused-ring (bicyclic) bond motifs is 1. The summed E-state index contributed by atoms with van der Waals surface area (Å²) in [5.41, 5.74) is 1.83. The van der Waals surface area contributed by atoms with Crippen molar-refractivity contribution in [1.82, 2.24) is 14.8 Å². The highest BCUT2D eigenvalue weighted by molar-refractivity contribution is 5.92. The largest absolute Gasteiger partial charge is 0.463 e. The topological polar surface area (TPSA) is 87.5 Å². The minimum absolute atomic E-state index is 0.206. The first-order valence-corrected chi connectivity index (χ1v) is 9.59. The molecule has 4 rings (SSSR count). The van der Waals surface area contributed by atoms with Crippen molar-refractivity contribution in [2.75, 3.05) is 25.6 Å². The molecule has 154 valence electrons. The van der Waals surface area contributed by atoms with Crippen molar-refractivity contribution >= 4 is 11.9 Å². The van der Waals surface area contributed by atoms with E-state index in [1.165, 1.54) is 6.33 Å². The van der Waals surface area contributed by atoms with Crippen LogP contribution in [0, 0.1) is 0 Å². The average molecular weight is 406 g/mol. The maximum Gasteiger partial charge on any atom is 0.338 e. The number of benzene rings is 2. The summed E-state index contributed by atoms with van der Waals surface area (Å²) in [4.78, 5) is 17.2. The maximum atomic E-state index is 12.9. The van der Waals surface area contributed by atoms with Crippen LogP contribution in [-0.2, 0) is 14.3 Å². The molecule has 1 aliphatic rings. The monoisotopic (exact) mass is 406 g/mol. The molecule has 0 saturated heterocycles. The van der Waals surface area contributed by atoms with Crippen LogP contribution in [0.3, 0.4) is 0 Å². The Morgan fingerprint density at radius 3 is 2.70 bits per heavy atom. The summed E-state index contributed by atoms with van der Waals surface area (Å²) in [6.45, 7) is 2.24. The number of methoxy groups -OCH3 is 1. The molecule has 0 fully saturated rings. The number of nitrogens with zero attached hydrogens (tertiary/aromatic N) is 3. The molecule has 0 radical (unpaired) electrons. The quantitative estimate of drug-likeness (QED) is 0.601. The molecular weight excluding hydrogens is 384 g/mol. The van der Waals surface area contributed by atoms with E-state index in [4.69, 9.17) is 14.2 Å². The number of hydrogen-bond acceptors (Lipinski definition) is 7. The number of carbonyl (C=O) groups is 1. The van der Waals surface area contributed by atoms with Crippen LogP contribution >= 0.6 is 0 Å². The second kappa shape index (κ2) is 8.79. The summed E-state index contributed by atoms with van der Waals surface area (Å²) in [7, 11) is 1.57. The van der Waals surface area contributed by atoms with Gasteiger partial charge < -0.3 is 19.5 Å². The van der Waals surface area contributed by atoms with Gasteiger partial charge in [-0.3, -0.25) is 0 Å². The van der Waals surface area contributed by atoms with Crippen LogP contribution in [0.15, 0.2) is 72.2 Å². The fourth-order valence-corrected chi connectivity index (χ4v) is 3.40. The lowest BCUT2D eigenvalue weighted by molar-refractivity contribution is -0.139. The summed E-state index contributed by atoms with van der Waals surface area (Å²) in [6, 6.07) is 16.5. The Labute approximate surface area is 174 Å². The van der Waals surface area contributed by atoms with Crippen LogP contribution in [0.1, 0.15) is 18.5 Å². The van der Waals surface area contributed by atoms with E-state index in [1.54, 1.807) is 18.7 Å². The van der Waals surface area contributed by atoms with Crippen LogP contribution in [0.25, 0.3) is 0 Å². The molecule has 30 heavy (non-hydrogen) atoms. The molecule has 0 saturated carbocycles. The second-order valence-corrected chi connectivity index (χ2v) is 6.59. The van der Waals surface area contributed by atoms with Crippen LogP contribution in [-0.4, -0.2) is 41.1 Å². The molecule has 0 amide bonds. The van der Waals surface area contributed by atoms with Gasteiger partial charge in [0.1, 0.15) is 23.9 Å². The number of ether oxygens (including phenoxy) is 3. The molecule has 3 aromatic rings. The first kappa shape index (κ1) is 19.7. The van der Waals surface area contributed by atoms with E-state index < -0.39 is 12.0 Å². The van der Waals surface area contributed by atoms with Crippen molar-refractivity contribution in [3.8, 4) is 11.5 Å². The van der Waals surface area contributed by atoms with Crippen molar-refractivity contribution < 1.29 is 19.0 Å². The highest BCUT2D eigenvalue weighted by Crippen LogP contribution is 2.37. The van der Waals surface area contributed by atoms with Crippen molar-refractivity contribution in [3.63, 3.8) is 0 Å². The molecule has 8 heteroatoms. The molecule has 0 bridgehead atoms. The van der Waals surface area contributed by atoms with E-state index in [-0.39, 0.29) is 13.2 Å². The van der Waals surface area contributed by atoms with Gasteiger partial charge in [-0.25, -0.2) is 9.48 Å². The van der Waals surface area contributed by atoms with Gasteiger partial charge in [0.25, 0.3) is 0 Å². The van der Waals surface area contributed by atoms with Crippen LogP contribution in [0.4, 0.5) is 5.95 Å². The molecule has 1 N–H and O–H groups in total. The fraction of sp³-hybridized carbons (Fsp3) is 0.227. The number of carbonyl (C=O) groups excluding carboxylic acids is 1. The molecule has 1 aliphatic heterocycles. The lowest BCUT2D eigenvalue weighted by atomic mass is 9.95. The van der Waals surface area contributed by atoms with Crippen LogP contribution in [0.5, 0.6) is 11.5 Å². The van der Waals surface area contributed by atoms with Gasteiger partial charge in [-0.05, 0) is 36.8 Å². The van der Waals surface area contributed by atoms with E-state index in [1.807, 2.05) is 54.6 Å². The number of esters is 1. The van der Waals surface area contributed by atoms with Crippen LogP contribution < -0.4 is 10.1 Å². The Morgan fingerprint density at radius 2 is 1.93 bits per heavy atom. The summed E-state index contributed by atoms with van der Waals surface area (Å²) >= 11 is 0. The predicted molar refractivity (Wildman–Crippen MR) is 110 cm³/mol. The minimum atomic E-state index is -0.535. The highest BCUT2D eigenvalue weighted by Gasteiger charge is 2.35. The van der Waals surface area contributed by atoms with Gasteiger partial charge in [0.05, 0.1) is 24.5 Å². The summed E-state index contributed by atoms with van der Waals surface area (Å²) in [6.07, 6.45) is 1.44. The van der Waals surface area contributed by atoms with E-state index >= 15 is 0 Å². The van der Waals surface area contributed by atoms with Gasteiger partial charge in [0.15, 0.2) is 0 Å². The van der Waals surface area contributed by atoms with Gasteiger partial charge >= 0.3 is 5.97 Å². The zero-order chi connectivity index (χ0) is 20.9. The standard InChI is InChI=1S/C22H22N4O4/c1-3-29-21(27)19-18(13-28-2)25-22-23-14-24-26(22)20(19)15-8-7-11-17(12-15)30-16-9-5-4-6-10-16/h4-12,14,20H,3,13H2,1-2H3,(H,23,24,25). The summed E-state index contributed by atoms with van der Waals surface area (Å²) in [5.74, 6) is 1.46. The number of aromatic nitrogens is 3.